The molecule has 3 aromatic carbocycles. The van der Waals surface area contributed by atoms with Crippen LogP contribution in [0.15, 0.2) is 103 Å². The fourth-order valence-electron chi connectivity index (χ4n) is 4.73. The van der Waals surface area contributed by atoms with Crippen LogP contribution in [0.1, 0.15) is 43.0 Å². The number of rotatable bonds is 7. The molecule has 0 spiro atoms. The van der Waals surface area contributed by atoms with E-state index in [1.54, 1.807) is 6.07 Å². The lowest BCUT2D eigenvalue weighted by atomic mass is 9.82. The summed E-state index contributed by atoms with van der Waals surface area (Å²) in [7, 11) is 0. The summed E-state index contributed by atoms with van der Waals surface area (Å²) >= 11 is 0. The predicted molar refractivity (Wildman–Crippen MR) is 157 cm³/mol. The second-order valence-electron chi connectivity index (χ2n) is 10.9. The maximum absolute atomic E-state index is 13.8. The Morgan fingerprint density at radius 1 is 0.692 bits per heavy atom. The van der Waals surface area contributed by atoms with Crippen LogP contribution in [0.25, 0.3) is 33.6 Å². The lowest BCUT2D eigenvalue weighted by Crippen LogP contribution is -2.11. The van der Waals surface area contributed by atoms with Crippen LogP contribution in [0.2, 0.25) is 0 Å². The van der Waals surface area contributed by atoms with Crippen molar-refractivity contribution in [3.05, 3.63) is 131 Å². The second kappa shape index (κ2) is 11.3. The molecule has 0 aliphatic heterocycles. The second-order valence-corrected chi connectivity index (χ2v) is 10.9. The fourth-order valence-corrected chi connectivity index (χ4v) is 4.73. The molecule has 0 atom stereocenters. The quantitative estimate of drug-likeness (QED) is 0.217. The van der Waals surface area contributed by atoms with E-state index in [0.717, 1.165) is 50.3 Å². The molecule has 39 heavy (non-hydrogen) atoms. The summed E-state index contributed by atoms with van der Waals surface area (Å²) in [6, 6.07) is 30.4. The van der Waals surface area contributed by atoms with Crippen LogP contribution in [0.3, 0.4) is 0 Å². The molecule has 5 aromatic rings. The first-order valence-electron chi connectivity index (χ1n) is 13.2. The Morgan fingerprint density at radius 2 is 1.44 bits per heavy atom. The first-order chi connectivity index (χ1) is 18.8. The zero-order valence-corrected chi connectivity index (χ0v) is 22.9. The number of aryl methyl sites for hydroxylation is 1. The first-order valence-corrected chi connectivity index (χ1v) is 13.2. The van der Waals surface area contributed by atoms with Gasteiger partial charge >= 0.3 is 0 Å². The maximum atomic E-state index is 13.8. The minimum Gasteiger partial charge on any atom is -0.372 e. The van der Waals surface area contributed by atoms with Gasteiger partial charge in [0, 0.05) is 17.3 Å². The highest BCUT2D eigenvalue weighted by atomic mass is 19.1. The normalized spacial score (nSPS) is 11.5. The average Bonchev–Trinajstić information content (AvgIpc) is 2.94. The average molecular weight is 517 g/mol. The Labute approximate surface area is 230 Å². The molecule has 0 aliphatic rings. The number of benzene rings is 3. The fraction of sp³-hybridized carbons (Fsp3) is 0.200. The Bertz CT molecular complexity index is 1570. The van der Waals surface area contributed by atoms with E-state index in [1.165, 1.54) is 17.8 Å². The Hall–Kier alpha value is -4.15. The van der Waals surface area contributed by atoms with Gasteiger partial charge in [0.2, 0.25) is 0 Å². The number of nitrogens with zero attached hydrogens (tertiary/aromatic N) is 2. The SMILES string of the molecule is Cc1cccnc1-c1cc(COCc2ccccc2)ccc1-c1ccc(C(C)(C)C)cc1-c1ccc(F)cn1. The van der Waals surface area contributed by atoms with Crippen molar-refractivity contribution in [2.45, 2.75) is 46.3 Å². The van der Waals surface area contributed by atoms with Gasteiger partial charge in [-0.1, -0.05) is 81.4 Å². The van der Waals surface area contributed by atoms with Gasteiger partial charge in [0.1, 0.15) is 5.82 Å². The third kappa shape index (κ3) is 6.13. The lowest BCUT2D eigenvalue weighted by molar-refractivity contribution is 0.107. The van der Waals surface area contributed by atoms with Crippen LogP contribution in [0.4, 0.5) is 4.39 Å². The maximum Gasteiger partial charge on any atom is 0.141 e. The van der Waals surface area contributed by atoms with E-state index < -0.39 is 0 Å². The third-order valence-electron chi connectivity index (χ3n) is 6.91. The first kappa shape index (κ1) is 26.5. The van der Waals surface area contributed by atoms with E-state index in [2.05, 4.69) is 87.3 Å². The predicted octanol–water partition coefficient (Wildman–Crippen LogP) is 8.94. The molecule has 4 heteroatoms. The van der Waals surface area contributed by atoms with E-state index in [1.807, 2.05) is 30.5 Å². The van der Waals surface area contributed by atoms with Crippen LogP contribution in [0, 0.1) is 12.7 Å². The minimum absolute atomic E-state index is 0.0480. The van der Waals surface area contributed by atoms with Crippen molar-refractivity contribution in [1.82, 2.24) is 9.97 Å². The summed E-state index contributed by atoms with van der Waals surface area (Å²) in [4.78, 5) is 9.22. The molecule has 0 saturated heterocycles. The highest BCUT2D eigenvalue weighted by molar-refractivity contribution is 5.91. The number of pyridine rings is 2. The molecule has 3 nitrogen and oxygen atoms in total. The molecule has 0 saturated carbocycles. The van der Waals surface area contributed by atoms with Crippen LogP contribution >= 0.6 is 0 Å². The van der Waals surface area contributed by atoms with Gasteiger partial charge in [-0.2, -0.15) is 0 Å². The lowest BCUT2D eigenvalue weighted by Gasteiger charge is -2.22. The molecule has 0 amide bonds. The van der Waals surface area contributed by atoms with E-state index in [-0.39, 0.29) is 11.2 Å². The van der Waals surface area contributed by atoms with Gasteiger partial charge in [-0.15, -0.1) is 0 Å². The number of hydrogen-bond donors (Lipinski definition) is 0. The highest BCUT2D eigenvalue weighted by Crippen LogP contribution is 2.40. The topological polar surface area (TPSA) is 35.0 Å². The van der Waals surface area contributed by atoms with E-state index >= 15 is 0 Å². The van der Waals surface area contributed by atoms with E-state index in [0.29, 0.717) is 13.2 Å². The summed E-state index contributed by atoms with van der Waals surface area (Å²) < 4.78 is 19.9. The summed E-state index contributed by atoms with van der Waals surface area (Å²) in [5.74, 6) is -0.350. The molecule has 196 valence electrons. The largest absolute Gasteiger partial charge is 0.372 e. The summed E-state index contributed by atoms with van der Waals surface area (Å²) in [6.45, 7) is 9.69. The van der Waals surface area contributed by atoms with E-state index in [9.17, 15) is 4.39 Å². The summed E-state index contributed by atoms with van der Waals surface area (Å²) in [6.07, 6.45) is 3.11. The van der Waals surface area contributed by atoms with Crippen LogP contribution in [-0.2, 0) is 23.4 Å². The Balaban J connectivity index is 1.62. The molecule has 0 aliphatic carbocycles. The molecule has 5 rings (SSSR count). The number of hydrogen-bond acceptors (Lipinski definition) is 3. The molecule has 2 aromatic heterocycles. The summed E-state index contributed by atoms with van der Waals surface area (Å²) in [5.41, 5.74) is 10.2. The van der Waals surface area contributed by atoms with Gasteiger partial charge in [0.25, 0.3) is 0 Å². The highest BCUT2D eigenvalue weighted by Gasteiger charge is 2.20. The Morgan fingerprint density at radius 3 is 2.15 bits per heavy atom. The monoisotopic (exact) mass is 516 g/mol. The molecular formula is C35H33FN2O. The molecule has 0 N–H and O–H groups in total. The minimum atomic E-state index is -0.350. The van der Waals surface area contributed by atoms with Crippen LogP contribution in [0.5, 0.6) is 0 Å². The molecule has 0 bridgehead atoms. The number of ether oxygens (including phenoxy) is 1. The summed E-state index contributed by atoms with van der Waals surface area (Å²) in [5, 5.41) is 0. The van der Waals surface area contributed by atoms with Crippen molar-refractivity contribution >= 4 is 0 Å². The zero-order chi connectivity index (χ0) is 27.4. The number of halogens is 1. The molecule has 0 unspecified atom stereocenters. The molecule has 2 heterocycles. The van der Waals surface area contributed by atoms with Crippen molar-refractivity contribution < 1.29 is 9.13 Å². The molecular weight excluding hydrogens is 483 g/mol. The van der Waals surface area contributed by atoms with Crippen LogP contribution < -0.4 is 0 Å². The molecule has 0 radical (unpaired) electrons. The standard InChI is InChI=1S/C35H33FN2O/c1-24-9-8-18-37-34(24)32-19-26(23-39-22-25-10-6-5-7-11-25)12-15-30(32)29-16-13-27(35(2,3)4)20-31(29)33-17-14-28(36)21-38-33/h5-21H,22-23H2,1-4H3. The smallest absolute Gasteiger partial charge is 0.141 e. The van der Waals surface area contributed by atoms with Gasteiger partial charge in [-0.05, 0) is 76.1 Å². The van der Waals surface area contributed by atoms with Crippen molar-refractivity contribution in [1.29, 1.82) is 0 Å². The van der Waals surface area contributed by atoms with Gasteiger partial charge in [0.05, 0.1) is 30.8 Å². The van der Waals surface area contributed by atoms with Gasteiger partial charge < -0.3 is 4.74 Å². The van der Waals surface area contributed by atoms with Crippen molar-refractivity contribution in [2.75, 3.05) is 0 Å². The van der Waals surface area contributed by atoms with Crippen molar-refractivity contribution in [3.8, 4) is 33.6 Å². The molecule has 0 fully saturated rings. The van der Waals surface area contributed by atoms with Gasteiger partial charge in [-0.3, -0.25) is 9.97 Å². The van der Waals surface area contributed by atoms with Gasteiger partial charge in [0.15, 0.2) is 0 Å². The van der Waals surface area contributed by atoms with Crippen molar-refractivity contribution in [3.63, 3.8) is 0 Å². The van der Waals surface area contributed by atoms with E-state index in [4.69, 9.17) is 9.72 Å². The number of aromatic nitrogens is 2. The Kier molecular flexibility index (Phi) is 7.67. The van der Waals surface area contributed by atoms with Crippen molar-refractivity contribution in [2.24, 2.45) is 0 Å². The van der Waals surface area contributed by atoms with Crippen LogP contribution in [-0.4, -0.2) is 9.97 Å². The zero-order valence-electron chi connectivity index (χ0n) is 22.9. The third-order valence-corrected chi connectivity index (χ3v) is 6.91. The van der Waals surface area contributed by atoms with Gasteiger partial charge in [-0.25, -0.2) is 4.39 Å².